The highest BCUT2D eigenvalue weighted by Crippen LogP contribution is 2.15. The second-order valence-electron chi connectivity index (χ2n) is 2.55. The first-order valence-corrected chi connectivity index (χ1v) is 5.85. The molecule has 1 aliphatic rings. The Morgan fingerprint density at radius 2 is 2.53 bits per heavy atom. The number of carbonyl (C=O) groups is 1. The van der Waals surface area contributed by atoms with Gasteiger partial charge in [-0.3, -0.25) is 9.83 Å². The molecule has 0 unspecified atom stereocenters. The fourth-order valence-electron chi connectivity index (χ4n) is 0.845. The van der Waals surface area contributed by atoms with E-state index in [2.05, 4.69) is 19.7 Å². The summed E-state index contributed by atoms with van der Waals surface area (Å²) < 4.78 is 4.51. The van der Waals surface area contributed by atoms with Crippen molar-refractivity contribution >= 4 is 39.7 Å². The SMILES string of the molecule is CCOC(=O)O/N=C(\Cl)C1=NCCCS1. The molecule has 0 aromatic heterocycles. The Balaban J connectivity index is 2.44. The summed E-state index contributed by atoms with van der Waals surface area (Å²) >= 11 is 7.26. The molecule has 0 spiro atoms. The number of ether oxygens (including phenoxy) is 1. The Morgan fingerprint density at radius 1 is 1.73 bits per heavy atom. The highest BCUT2D eigenvalue weighted by Gasteiger charge is 2.12. The molecule has 0 saturated carbocycles. The third kappa shape index (κ3) is 4.53. The lowest BCUT2D eigenvalue weighted by Crippen LogP contribution is -2.12. The molecule has 5 nitrogen and oxygen atoms in total. The first-order valence-electron chi connectivity index (χ1n) is 4.49. The fraction of sp³-hybridized carbons (Fsp3) is 0.625. The molecule has 0 radical (unpaired) electrons. The minimum absolute atomic E-state index is 0.0905. The van der Waals surface area contributed by atoms with Gasteiger partial charge in [-0.05, 0) is 13.3 Å². The standard InChI is InChI=1S/C8H11ClN2O3S/c1-2-13-8(12)14-11-6(9)7-10-4-3-5-15-7/h2-5H2,1H3/b11-6-. The largest absolute Gasteiger partial charge is 0.535 e. The van der Waals surface area contributed by atoms with Crippen LogP contribution in [0.15, 0.2) is 10.1 Å². The van der Waals surface area contributed by atoms with E-state index in [1.165, 1.54) is 11.8 Å². The van der Waals surface area contributed by atoms with Crippen LogP contribution in [0.3, 0.4) is 0 Å². The average molecular weight is 251 g/mol. The molecule has 0 fully saturated rings. The molecule has 1 aliphatic heterocycles. The van der Waals surface area contributed by atoms with Crippen molar-refractivity contribution in [3.05, 3.63) is 0 Å². The van der Waals surface area contributed by atoms with Crippen molar-refractivity contribution in [2.75, 3.05) is 18.9 Å². The first kappa shape index (κ1) is 12.3. The van der Waals surface area contributed by atoms with Crippen LogP contribution in [0.4, 0.5) is 4.79 Å². The molecule has 0 saturated heterocycles. The minimum Gasteiger partial charge on any atom is -0.433 e. The summed E-state index contributed by atoms with van der Waals surface area (Å²) in [7, 11) is 0. The topological polar surface area (TPSA) is 60.2 Å². The van der Waals surface area contributed by atoms with Crippen LogP contribution < -0.4 is 0 Å². The van der Waals surface area contributed by atoms with Crippen LogP contribution in [-0.4, -0.2) is 35.3 Å². The maximum Gasteiger partial charge on any atom is 0.535 e. The lowest BCUT2D eigenvalue weighted by atomic mass is 10.5. The van der Waals surface area contributed by atoms with E-state index in [-0.39, 0.29) is 11.8 Å². The van der Waals surface area contributed by atoms with Crippen molar-refractivity contribution in [1.82, 2.24) is 0 Å². The van der Waals surface area contributed by atoms with Gasteiger partial charge in [0.1, 0.15) is 5.04 Å². The molecule has 84 valence electrons. The third-order valence-electron chi connectivity index (χ3n) is 1.44. The summed E-state index contributed by atoms with van der Waals surface area (Å²) in [6.45, 7) is 2.64. The number of hydrogen-bond acceptors (Lipinski definition) is 6. The number of thioether (sulfide) groups is 1. The van der Waals surface area contributed by atoms with Crippen LogP contribution in [0.1, 0.15) is 13.3 Å². The van der Waals surface area contributed by atoms with Gasteiger partial charge in [0.25, 0.3) is 0 Å². The molecule has 1 heterocycles. The van der Waals surface area contributed by atoms with Gasteiger partial charge < -0.3 is 4.74 Å². The van der Waals surface area contributed by atoms with Crippen LogP contribution in [0.5, 0.6) is 0 Å². The summed E-state index contributed by atoms with van der Waals surface area (Å²) in [6, 6.07) is 0. The van der Waals surface area contributed by atoms with Crippen molar-refractivity contribution in [2.45, 2.75) is 13.3 Å². The zero-order valence-electron chi connectivity index (χ0n) is 8.23. The van der Waals surface area contributed by atoms with E-state index < -0.39 is 6.16 Å². The zero-order valence-corrected chi connectivity index (χ0v) is 9.81. The Kier molecular flexibility index (Phi) is 5.49. The van der Waals surface area contributed by atoms with Gasteiger partial charge >= 0.3 is 6.16 Å². The van der Waals surface area contributed by atoms with Crippen molar-refractivity contribution < 1.29 is 14.4 Å². The van der Waals surface area contributed by atoms with Crippen LogP contribution in [0.2, 0.25) is 0 Å². The molecule has 0 aromatic carbocycles. The lowest BCUT2D eigenvalue weighted by Gasteiger charge is -2.08. The predicted octanol–water partition coefficient (Wildman–Crippen LogP) is 2.25. The smallest absolute Gasteiger partial charge is 0.433 e. The molecular formula is C8H11ClN2O3S. The fourth-order valence-corrected chi connectivity index (χ4v) is 1.91. The van der Waals surface area contributed by atoms with Crippen molar-refractivity contribution in [1.29, 1.82) is 0 Å². The van der Waals surface area contributed by atoms with E-state index in [0.717, 1.165) is 18.7 Å². The number of oxime groups is 1. The van der Waals surface area contributed by atoms with E-state index in [0.29, 0.717) is 5.04 Å². The summed E-state index contributed by atoms with van der Waals surface area (Å²) in [5.41, 5.74) is 0. The van der Waals surface area contributed by atoms with Gasteiger partial charge in [-0.1, -0.05) is 16.8 Å². The molecule has 0 bridgehead atoms. The highest BCUT2D eigenvalue weighted by molar-refractivity contribution is 8.16. The van der Waals surface area contributed by atoms with Crippen LogP contribution in [-0.2, 0) is 9.57 Å². The van der Waals surface area contributed by atoms with Crippen LogP contribution >= 0.6 is 23.4 Å². The Bertz CT molecular complexity index is 294. The van der Waals surface area contributed by atoms with Crippen molar-refractivity contribution in [3.8, 4) is 0 Å². The average Bonchev–Trinajstić information content (AvgIpc) is 2.27. The van der Waals surface area contributed by atoms with E-state index in [1.807, 2.05) is 0 Å². The number of aliphatic imine (C=N–C) groups is 1. The molecule has 15 heavy (non-hydrogen) atoms. The Hall–Kier alpha value is -0.750. The first-order chi connectivity index (χ1) is 7.24. The van der Waals surface area contributed by atoms with Gasteiger partial charge in [0.2, 0.25) is 5.17 Å². The van der Waals surface area contributed by atoms with E-state index >= 15 is 0 Å². The maximum absolute atomic E-state index is 10.8. The Morgan fingerprint density at radius 3 is 3.13 bits per heavy atom. The van der Waals surface area contributed by atoms with Gasteiger partial charge in [0.15, 0.2) is 0 Å². The summed E-state index contributed by atoms with van der Waals surface area (Å²) in [5, 5.41) is 4.12. The van der Waals surface area contributed by atoms with E-state index in [9.17, 15) is 4.79 Å². The minimum atomic E-state index is -0.864. The highest BCUT2D eigenvalue weighted by atomic mass is 35.5. The van der Waals surface area contributed by atoms with Crippen LogP contribution in [0, 0.1) is 0 Å². The molecular weight excluding hydrogens is 240 g/mol. The molecule has 0 aliphatic carbocycles. The monoisotopic (exact) mass is 250 g/mol. The zero-order chi connectivity index (χ0) is 11.1. The van der Waals surface area contributed by atoms with E-state index in [1.54, 1.807) is 6.92 Å². The van der Waals surface area contributed by atoms with Gasteiger partial charge in [0, 0.05) is 12.3 Å². The number of carbonyl (C=O) groups excluding carboxylic acids is 1. The second kappa shape index (κ2) is 6.68. The number of nitrogens with zero attached hydrogens (tertiary/aromatic N) is 2. The summed E-state index contributed by atoms with van der Waals surface area (Å²) in [5.74, 6) is 0.948. The molecule has 1 rings (SSSR count). The van der Waals surface area contributed by atoms with E-state index in [4.69, 9.17) is 11.6 Å². The number of halogens is 1. The molecule has 0 amide bonds. The summed E-state index contributed by atoms with van der Waals surface area (Å²) in [6.07, 6.45) is 0.161. The van der Waals surface area contributed by atoms with Gasteiger partial charge in [0.05, 0.1) is 6.61 Å². The van der Waals surface area contributed by atoms with Crippen molar-refractivity contribution in [3.63, 3.8) is 0 Å². The van der Waals surface area contributed by atoms with Gasteiger partial charge in [-0.2, -0.15) is 0 Å². The second-order valence-corrected chi connectivity index (χ2v) is 3.99. The van der Waals surface area contributed by atoms with Gasteiger partial charge in [-0.15, -0.1) is 11.8 Å². The summed E-state index contributed by atoms with van der Waals surface area (Å²) in [4.78, 5) is 19.3. The lowest BCUT2D eigenvalue weighted by molar-refractivity contribution is 0.0618. The third-order valence-corrected chi connectivity index (χ3v) is 2.88. The molecule has 0 N–H and O–H groups in total. The quantitative estimate of drug-likeness (QED) is 0.334. The normalized spacial score (nSPS) is 16.9. The number of hydrogen-bond donors (Lipinski definition) is 0. The molecule has 0 aromatic rings. The molecule has 0 atom stereocenters. The Labute approximate surface area is 96.8 Å². The maximum atomic E-state index is 10.8. The van der Waals surface area contributed by atoms with Gasteiger partial charge in [-0.25, -0.2) is 4.79 Å². The van der Waals surface area contributed by atoms with Crippen molar-refractivity contribution in [2.24, 2.45) is 10.1 Å². The number of rotatable bonds is 3. The predicted molar refractivity (Wildman–Crippen MR) is 60.8 cm³/mol. The van der Waals surface area contributed by atoms with Crippen LogP contribution in [0.25, 0.3) is 0 Å². The molecule has 7 heteroatoms.